The van der Waals surface area contributed by atoms with Crippen molar-refractivity contribution in [2.75, 3.05) is 33.3 Å². The smallest absolute Gasteiger partial charge is 0.407 e. The van der Waals surface area contributed by atoms with E-state index in [0.717, 1.165) is 31.5 Å². The Kier molecular flexibility index (Phi) is 7.51. The number of piperidine rings is 1. The molecule has 33 heavy (non-hydrogen) atoms. The first-order chi connectivity index (χ1) is 16.1. The van der Waals surface area contributed by atoms with Crippen LogP contribution in [0, 0.1) is 5.92 Å². The van der Waals surface area contributed by atoms with Crippen molar-refractivity contribution in [1.29, 1.82) is 0 Å². The van der Waals surface area contributed by atoms with Crippen molar-refractivity contribution in [2.24, 2.45) is 5.92 Å². The van der Waals surface area contributed by atoms with Crippen molar-refractivity contribution in [3.05, 3.63) is 64.6 Å². The van der Waals surface area contributed by atoms with Crippen LogP contribution in [0.25, 0.3) is 11.2 Å². The maximum Gasteiger partial charge on any atom is 0.407 e. The number of hydrogen-bond donors (Lipinski definition) is 1. The Balaban J connectivity index is 1.28. The number of fused-ring (bicyclic) bond motifs is 1. The summed E-state index contributed by atoms with van der Waals surface area (Å²) in [6.07, 6.45) is 3.03. The third-order valence-corrected chi connectivity index (χ3v) is 5.86. The van der Waals surface area contributed by atoms with E-state index in [9.17, 15) is 9.59 Å². The summed E-state index contributed by atoms with van der Waals surface area (Å²) in [5.74, 6) is 0.791. The van der Waals surface area contributed by atoms with E-state index in [0.29, 0.717) is 42.6 Å². The van der Waals surface area contributed by atoms with Gasteiger partial charge in [0.05, 0.1) is 13.3 Å². The first-order valence-electron chi connectivity index (χ1n) is 11.2. The molecule has 1 N–H and O–H groups in total. The number of nitrogens with zero attached hydrogens (tertiary/aromatic N) is 4. The van der Waals surface area contributed by atoms with Gasteiger partial charge in [-0.3, -0.25) is 9.36 Å². The molecule has 2 aromatic heterocycles. The number of pyridine rings is 1. The van der Waals surface area contributed by atoms with Gasteiger partial charge < -0.3 is 19.7 Å². The topological polar surface area (TPSA) is 98.6 Å². The van der Waals surface area contributed by atoms with Gasteiger partial charge in [0.15, 0.2) is 5.65 Å². The molecule has 174 valence electrons. The van der Waals surface area contributed by atoms with Crippen LogP contribution in [-0.4, -0.2) is 58.8 Å². The summed E-state index contributed by atoms with van der Waals surface area (Å²) in [5, 5.41) is 2.89. The van der Waals surface area contributed by atoms with Crippen molar-refractivity contribution in [2.45, 2.75) is 26.0 Å². The lowest BCUT2D eigenvalue weighted by atomic mass is 9.98. The van der Waals surface area contributed by atoms with E-state index in [1.807, 2.05) is 30.3 Å². The monoisotopic (exact) mass is 451 g/mol. The molecule has 1 aliphatic rings. The molecule has 1 saturated heterocycles. The zero-order valence-electron chi connectivity index (χ0n) is 18.8. The quantitative estimate of drug-likeness (QED) is 0.562. The largest absolute Gasteiger partial charge is 0.481 e. The van der Waals surface area contributed by atoms with Crippen LogP contribution < -0.4 is 15.6 Å². The van der Waals surface area contributed by atoms with Gasteiger partial charge in [0, 0.05) is 32.2 Å². The second-order valence-corrected chi connectivity index (χ2v) is 8.20. The molecule has 0 spiro atoms. The van der Waals surface area contributed by atoms with Crippen LogP contribution in [0.2, 0.25) is 0 Å². The summed E-state index contributed by atoms with van der Waals surface area (Å²) in [6.45, 7) is 3.87. The van der Waals surface area contributed by atoms with Gasteiger partial charge in [0.1, 0.15) is 12.1 Å². The molecule has 4 rings (SSSR count). The van der Waals surface area contributed by atoms with E-state index in [1.165, 1.54) is 6.20 Å². The summed E-state index contributed by atoms with van der Waals surface area (Å²) in [4.78, 5) is 35.4. The zero-order valence-corrected chi connectivity index (χ0v) is 18.8. The molecule has 1 atom stereocenters. The highest BCUT2D eigenvalue weighted by atomic mass is 16.5. The normalized spacial score (nSPS) is 16.5. The standard InChI is InChI=1S/C24H29N5O4/c1-32-21-10-9-20-23(27-21)29(22(30)15-25-20)13-12-28-11-5-8-19(16-28)14-26-24(31)33-17-18-6-3-2-4-7-18/h2-4,6-7,9-10,15,19H,5,8,11-14,16-17H2,1H3,(H,26,31)/t19-/m0/s1. The Morgan fingerprint density at radius 3 is 2.85 bits per heavy atom. The SMILES string of the molecule is COc1ccc2ncc(=O)n(CCN3CCC[C@@H](CNC(=O)OCc4ccccc4)C3)c2n1. The van der Waals surface area contributed by atoms with Crippen LogP contribution in [-0.2, 0) is 17.9 Å². The predicted molar refractivity (Wildman–Crippen MR) is 124 cm³/mol. The molecule has 1 amide bonds. The molecule has 1 aliphatic heterocycles. The number of benzene rings is 1. The predicted octanol–water partition coefficient (Wildman–Crippen LogP) is 2.44. The van der Waals surface area contributed by atoms with Gasteiger partial charge in [-0.25, -0.2) is 9.78 Å². The number of hydrogen-bond acceptors (Lipinski definition) is 7. The third kappa shape index (κ3) is 6.07. The highest BCUT2D eigenvalue weighted by Crippen LogP contribution is 2.17. The fourth-order valence-corrected chi connectivity index (χ4v) is 4.12. The molecule has 0 bridgehead atoms. The minimum Gasteiger partial charge on any atom is -0.481 e. The van der Waals surface area contributed by atoms with Crippen LogP contribution in [0.15, 0.2) is 53.5 Å². The van der Waals surface area contributed by atoms with E-state index >= 15 is 0 Å². The molecule has 1 aromatic carbocycles. The highest BCUT2D eigenvalue weighted by molar-refractivity contribution is 5.70. The molecule has 9 nitrogen and oxygen atoms in total. The minimum atomic E-state index is -0.397. The Morgan fingerprint density at radius 2 is 2.03 bits per heavy atom. The third-order valence-electron chi connectivity index (χ3n) is 5.86. The molecular formula is C24H29N5O4. The summed E-state index contributed by atoms with van der Waals surface area (Å²) in [5.41, 5.74) is 1.96. The van der Waals surface area contributed by atoms with E-state index in [4.69, 9.17) is 9.47 Å². The summed E-state index contributed by atoms with van der Waals surface area (Å²) in [6, 6.07) is 13.2. The number of nitrogens with one attached hydrogen (secondary N) is 1. The molecule has 0 aliphatic carbocycles. The second kappa shape index (κ2) is 10.9. The van der Waals surface area contributed by atoms with Gasteiger partial charge in [0.25, 0.3) is 5.56 Å². The minimum absolute atomic E-state index is 0.181. The molecular weight excluding hydrogens is 422 g/mol. The number of aromatic nitrogens is 3. The van der Waals surface area contributed by atoms with E-state index < -0.39 is 6.09 Å². The number of carbonyl (C=O) groups excluding carboxylic acids is 1. The number of likely N-dealkylation sites (tertiary alicyclic amines) is 1. The maximum absolute atomic E-state index is 12.5. The van der Waals surface area contributed by atoms with Crippen LogP contribution in [0.4, 0.5) is 4.79 Å². The van der Waals surface area contributed by atoms with Crippen molar-refractivity contribution < 1.29 is 14.3 Å². The Hall–Kier alpha value is -3.46. The lowest BCUT2D eigenvalue weighted by Crippen LogP contribution is -2.42. The van der Waals surface area contributed by atoms with Gasteiger partial charge in [-0.1, -0.05) is 30.3 Å². The summed E-state index contributed by atoms with van der Waals surface area (Å²) in [7, 11) is 1.55. The molecule has 3 aromatic rings. The molecule has 1 fully saturated rings. The first-order valence-corrected chi connectivity index (χ1v) is 11.2. The van der Waals surface area contributed by atoms with Crippen molar-refractivity contribution in [1.82, 2.24) is 24.8 Å². The number of amides is 1. The van der Waals surface area contributed by atoms with E-state index in [-0.39, 0.29) is 12.2 Å². The summed E-state index contributed by atoms with van der Waals surface area (Å²) < 4.78 is 12.2. The Morgan fingerprint density at radius 1 is 1.18 bits per heavy atom. The Bertz CT molecular complexity index is 1130. The maximum atomic E-state index is 12.5. The van der Waals surface area contributed by atoms with Crippen LogP contribution in [0.5, 0.6) is 5.88 Å². The Labute approximate surface area is 192 Å². The van der Waals surface area contributed by atoms with E-state index in [2.05, 4.69) is 20.2 Å². The molecule has 3 heterocycles. The number of rotatable bonds is 8. The van der Waals surface area contributed by atoms with Gasteiger partial charge in [-0.15, -0.1) is 0 Å². The number of carbonyl (C=O) groups is 1. The lowest BCUT2D eigenvalue weighted by molar-refractivity contribution is 0.130. The number of ether oxygens (including phenoxy) is 2. The molecule has 9 heteroatoms. The number of methoxy groups -OCH3 is 1. The van der Waals surface area contributed by atoms with Gasteiger partial charge in [-0.2, -0.15) is 4.98 Å². The van der Waals surface area contributed by atoms with Crippen molar-refractivity contribution in [3.63, 3.8) is 0 Å². The van der Waals surface area contributed by atoms with E-state index in [1.54, 1.807) is 23.8 Å². The van der Waals surface area contributed by atoms with Crippen molar-refractivity contribution in [3.8, 4) is 5.88 Å². The fourth-order valence-electron chi connectivity index (χ4n) is 4.12. The van der Waals surface area contributed by atoms with Crippen LogP contribution >= 0.6 is 0 Å². The van der Waals surface area contributed by atoms with Crippen molar-refractivity contribution >= 4 is 17.3 Å². The summed E-state index contributed by atoms with van der Waals surface area (Å²) >= 11 is 0. The average molecular weight is 452 g/mol. The molecule has 0 saturated carbocycles. The van der Waals surface area contributed by atoms with Gasteiger partial charge >= 0.3 is 6.09 Å². The highest BCUT2D eigenvalue weighted by Gasteiger charge is 2.21. The number of alkyl carbamates (subject to hydrolysis) is 1. The van der Waals surface area contributed by atoms with Gasteiger partial charge in [0.2, 0.25) is 5.88 Å². The average Bonchev–Trinajstić information content (AvgIpc) is 2.86. The first kappa shape index (κ1) is 22.7. The fraction of sp³-hybridized carbons (Fsp3) is 0.417. The molecule has 0 unspecified atom stereocenters. The van der Waals surface area contributed by atoms with Crippen LogP contribution in [0.1, 0.15) is 18.4 Å². The van der Waals surface area contributed by atoms with Crippen LogP contribution in [0.3, 0.4) is 0 Å². The lowest BCUT2D eigenvalue weighted by Gasteiger charge is -2.32. The molecule has 0 radical (unpaired) electrons. The van der Waals surface area contributed by atoms with Gasteiger partial charge in [-0.05, 0) is 36.9 Å². The zero-order chi connectivity index (χ0) is 23.0. The second-order valence-electron chi connectivity index (χ2n) is 8.20.